The topological polar surface area (TPSA) is 79.4 Å². The summed E-state index contributed by atoms with van der Waals surface area (Å²) < 4.78 is 47.5. The van der Waals surface area contributed by atoms with Crippen LogP contribution in [0.25, 0.3) is 0 Å². The monoisotopic (exact) mass is 446 g/mol. The molecule has 3 aromatic rings. The van der Waals surface area contributed by atoms with Crippen molar-refractivity contribution in [3.63, 3.8) is 0 Å². The van der Waals surface area contributed by atoms with Crippen LogP contribution < -0.4 is 10.2 Å². The van der Waals surface area contributed by atoms with Crippen molar-refractivity contribution in [2.75, 3.05) is 36.4 Å². The van der Waals surface area contributed by atoms with Crippen LogP contribution in [0, 0.1) is 0 Å². The van der Waals surface area contributed by atoms with E-state index in [1.54, 1.807) is 23.2 Å². The number of piperazine rings is 1. The first-order chi connectivity index (χ1) is 15.4. The highest BCUT2D eigenvalue weighted by Gasteiger charge is 2.47. The highest BCUT2D eigenvalue weighted by atomic mass is 19.4. The van der Waals surface area contributed by atoms with Gasteiger partial charge in [0.25, 0.3) is 5.91 Å². The van der Waals surface area contributed by atoms with E-state index < -0.39 is 18.3 Å². The van der Waals surface area contributed by atoms with E-state index in [1.165, 1.54) is 12.3 Å². The average Bonchev–Trinajstić information content (AvgIpc) is 3.48. The molecular weight excluding hydrogens is 425 g/mol. The number of rotatable bonds is 3. The molecule has 32 heavy (non-hydrogen) atoms. The van der Waals surface area contributed by atoms with Gasteiger partial charge >= 0.3 is 6.18 Å². The van der Waals surface area contributed by atoms with Gasteiger partial charge in [-0.05, 0) is 24.3 Å². The number of carbonyl (C=O) groups is 1. The summed E-state index contributed by atoms with van der Waals surface area (Å²) in [4.78, 5) is 21.0. The maximum Gasteiger partial charge on any atom is 0.410 e. The number of amides is 1. The Kier molecular flexibility index (Phi) is 5.03. The molecule has 0 aromatic carbocycles. The van der Waals surface area contributed by atoms with Gasteiger partial charge in [0, 0.05) is 44.9 Å². The number of carbonyl (C=O) groups excluding carboxylic acids is 1. The number of anilines is 2. The second-order valence-corrected chi connectivity index (χ2v) is 7.83. The van der Waals surface area contributed by atoms with Gasteiger partial charge in [-0.2, -0.15) is 18.3 Å². The third kappa shape index (κ3) is 3.78. The minimum absolute atomic E-state index is 0.00636. The molecule has 2 atom stereocenters. The molecule has 0 saturated carbocycles. The lowest BCUT2D eigenvalue weighted by molar-refractivity contribution is -0.174. The fraction of sp³-hybridized carbons (Fsp3) is 0.381. The number of fused-ring (bicyclic) bond motifs is 1. The third-order valence-electron chi connectivity index (χ3n) is 5.84. The van der Waals surface area contributed by atoms with Gasteiger partial charge in [-0.15, -0.1) is 0 Å². The summed E-state index contributed by atoms with van der Waals surface area (Å²) in [6, 6.07) is 7.77. The summed E-state index contributed by atoms with van der Waals surface area (Å²) in [5, 5.41) is 7.08. The average molecular weight is 446 g/mol. The summed E-state index contributed by atoms with van der Waals surface area (Å²) in [5.41, 5.74) is -0.00636. The first-order valence-corrected chi connectivity index (χ1v) is 10.3. The van der Waals surface area contributed by atoms with E-state index in [1.807, 2.05) is 18.2 Å². The van der Waals surface area contributed by atoms with Gasteiger partial charge in [0.15, 0.2) is 11.7 Å². The Morgan fingerprint density at radius 2 is 1.94 bits per heavy atom. The first-order valence-electron chi connectivity index (χ1n) is 10.3. The van der Waals surface area contributed by atoms with Crippen LogP contribution in [0.3, 0.4) is 0 Å². The van der Waals surface area contributed by atoms with Gasteiger partial charge < -0.3 is 19.5 Å². The summed E-state index contributed by atoms with van der Waals surface area (Å²) >= 11 is 0. The van der Waals surface area contributed by atoms with Gasteiger partial charge in [-0.3, -0.25) is 4.79 Å². The van der Waals surface area contributed by atoms with Crippen molar-refractivity contribution in [1.82, 2.24) is 19.7 Å². The molecular formula is C21H21F3N6O2. The van der Waals surface area contributed by atoms with Crippen LogP contribution in [0.5, 0.6) is 0 Å². The highest BCUT2D eigenvalue weighted by Crippen LogP contribution is 2.43. The van der Waals surface area contributed by atoms with Crippen molar-refractivity contribution in [3.05, 3.63) is 60.3 Å². The molecule has 168 valence electrons. The minimum Gasteiger partial charge on any atom is -0.467 e. The lowest BCUT2D eigenvalue weighted by atomic mass is 10.0. The quantitative estimate of drug-likeness (QED) is 0.664. The van der Waals surface area contributed by atoms with E-state index in [0.29, 0.717) is 31.9 Å². The first kappa shape index (κ1) is 20.4. The molecule has 0 aliphatic carbocycles. The number of furan rings is 1. The number of nitrogens with zero attached hydrogens (tertiary/aromatic N) is 5. The summed E-state index contributed by atoms with van der Waals surface area (Å²) in [5.74, 6) is 1.00. The van der Waals surface area contributed by atoms with Crippen LogP contribution in [0.1, 0.15) is 34.8 Å². The van der Waals surface area contributed by atoms with Crippen LogP contribution in [-0.4, -0.2) is 57.9 Å². The van der Waals surface area contributed by atoms with Crippen LogP contribution in [0.2, 0.25) is 0 Å². The largest absolute Gasteiger partial charge is 0.467 e. The molecule has 1 amide bonds. The molecule has 0 unspecified atom stereocenters. The zero-order chi connectivity index (χ0) is 22.3. The van der Waals surface area contributed by atoms with E-state index in [-0.39, 0.29) is 23.8 Å². The van der Waals surface area contributed by atoms with Crippen molar-refractivity contribution in [2.45, 2.75) is 24.7 Å². The van der Waals surface area contributed by atoms with Crippen molar-refractivity contribution in [3.8, 4) is 0 Å². The lowest BCUT2D eigenvalue weighted by Gasteiger charge is -2.35. The van der Waals surface area contributed by atoms with Gasteiger partial charge in [0.2, 0.25) is 0 Å². The second kappa shape index (κ2) is 7.88. The Bertz CT molecular complexity index is 1070. The van der Waals surface area contributed by atoms with E-state index in [0.717, 1.165) is 10.5 Å². The highest BCUT2D eigenvalue weighted by molar-refractivity contribution is 5.93. The minimum atomic E-state index is -4.51. The molecule has 0 radical (unpaired) electrons. The van der Waals surface area contributed by atoms with Gasteiger partial charge in [0.1, 0.15) is 17.4 Å². The molecule has 1 fully saturated rings. The zero-order valence-electron chi connectivity index (χ0n) is 17.0. The SMILES string of the molecule is O=C(c1cc2n(n1)[C@@H](C(F)(F)F)C[C@@H](c1ccco1)N2)N1CCN(c2ccccn2)CC1. The van der Waals surface area contributed by atoms with E-state index in [9.17, 15) is 18.0 Å². The molecule has 2 aliphatic heterocycles. The molecule has 0 spiro atoms. The molecule has 0 bridgehead atoms. The molecule has 1 N–H and O–H groups in total. The van der Waals surface area contributed by atoms with Crippen molar-refractivity contribution in [1.29, 1.82) is 0 Å². The maximum absolute atomic E-state index is 13.8. The zero-order valence-corrected chi connectivity index (χ0v) is 17.0. The molecule has 11 heteroatoms. The third-order valence-corrected chi connectivity index (χ3v) is 5.84. The molecule has 1 saturated heterocycles. The Balaban J connectivity index is 1.34. The fourth-order valence-electron chi connectivity index (χ4n) is 4.20. The predicted octanol–water partition coefficient (Wildman–Crippen LogP) is 3.49. The Labute approximate surface area is 181 Å². The number of nitrogens with one attached hydrogen (secondary N) is 1. The fourth-order valence-corrected chi connectivity index (χ4v) is 4.20. The molecule has 3 aromatic heterocycles. The standard InChI is InChI=1S/C21H21F3N6O2/c22-21(23,24)17-12-14(16-4-3-11-32-16)26-19-13-15(27-30(17)19)20(31)29-9-7-28(8-10-29)18-5-1-2-6-25-18/h1-6,11,13-14,17,26H,7-10,12H2/t14-,17+/m0/s1. The normalized spacial score (nSPS) is 21.2. The predicted molar refractivity (Wildman–Crippen MR) is 109 cm³/mol. The van der Waals surface area contributed by atoms with E-state index in [4.69, 9.17) is 4.42 Å². The Hall–Kier alpha value is -3.50. The number of aromatic nitrogens is 3. The second-order valence-electron chi connectivity index (χ2n) is 7.83. The Morgan fingerprint density at radius 1 is 1.12 bits per heavy atom. The van der Waals surface area contributed by atoms with Gasteiger partial charge in [0.05, 0.1) is 12.3 Å². The maximum atomic E-state index is 13.8. The number of halogens is 3. The van der Waals surface area contributed by atoms with Gasteiger partial charge in [-0.1, -0.05) is 6.07 Å². The number of hydrogen-bond acceptors (Lipinski definition) is 6. The smallest absolute Gasteiger partial charge is 0.410 e. The van der Waals surface area contributed by atoms with E-state index in [2.05, 4.69) is 20.3 Å². The summed E-state index contributed by atoms with van der Waals surface area (Å²) in [7, 11) is 0. The van der Waals surface area contributed by atoms with Crippen molar-refractivity contribution >= 4 is 17.5 Å². The molecule has 8 nitrogen and oxygen atoms in total. The summed E-state index contributed by atoms with van der Waals surface area (Å²) in [6.45, 7) is 2.03. The number of alkyl halides is 3. The van der Waals surface area contributed by atoms with Gasteiger partial charge in [-0.25, -0.2) is 9.67 Å². The van der Waals surface area contributed by atoms with Crippen LogP contribution >= 0.6 is 0 Å². The van der Waals surface area contributed by atoms with Crippen LogP contribution in [-0.2, 0) is 0 Å². The molecule has 5 rings (SSSR count). The molecule has 2 aliphatic rings. The van der Waals surface area contributed by atoms with Crippen molar-refractivity contribution in [2.24, 2.45) is 0 Å². The molecule has 5 heterocycles. The van der Waals surface area contributed by atoms with Crippen LogP contribution in [0.4, 0.5) is 24.8 Å². The number of pyridine rings is 1. The summed E-state index contributed by atoms with van der Waals surface area (Å²) in [6.07, 6.45) is -1.65. The number of hydrogen-bond donors (Lipinski definition) is 1. The van der Waals surface area contributed by atoms with Crippen molar-refractivity contribution < 1.29 is 22.4 Å². The lowest BCUT2D eigenvalue weighted by Crippen LogP contribution is -2.49. The Morgan fingerprint density at radius 3 is 2.59 bits per heavy atom. The van der Waals surface area contributed by atoms with E-state index >= 15 is 0 Å². The van der Waals surface area contributed by atoms with Crippen LogP contribution in [0.15, 0.2) is 53.3 Å².